The number of hydrogen-bond acceptors (Lipinski definition) is 3. The standard InChI is InChI=1S/C16H25N3O.ClH/c1-11-8-12(2)16(13(3)9-11)18-15(20)10-19-6-4-14(17)5-7-19;/h8-9,14H,4-7,10,17H2,1-3H3,(H,18,20);1H. The Labute approximate surface area is 133 Å². The largest absolute Gasteiger partial charge is 0.328 e. The van der Waals surface area contributed by atoms with Crippen molar-refractivity contribution in [2.75, 3.05) is 25.0 Å². The highest BCUT2D eigenvalue weighted by Crippen LogP contribution is 2.22. The van der Waals surface area contributed by atoms with Crippen LogP contribution in [0.25, 0.3) is 0 Å². The molecule has 0 spiro atoms. The minimum atomic E-state index is 0. The van der Waals surface area contributed by atoms with Gasteiger partial charge in [0, 0.05) is 24.8 Å². The van der Waals surface area contributed by atoms with Crippen molar-refractivity contribution in [2.45, 2.75) is 39.7 Å². The Bertz CT molecular complexity index is 473. The number of rotatable bonds is 3. The zero-order chi connectivity index (χ0) is 14.7. The summed E-state index contributed by atoms with van der Waals surface area (Å²) in [6.45, 7) is 8.44. The molecule has 1 aliphatic heterocycles. The summed E-state index contributed by atoms with van der Waals surface area (Å²) in [6, 6.07) is 4.50. The summed E-state index contributed by atoms with van der Waals surface area (Å²) in [7, 11) is 0. The van der Waals surface area contributed by atoms with Crippen LogP contribution in [0.15, 0.2) is 12.1 Å². The van der Waals surface area contributed by atoms with Crippen molar-refractivity contribution >= 4 is 24.0 Å². The van der Waals surface area contributed by atoms with Crippen LogP contribution in [0.4, 0.5) is 5.69 Å². The number of nitrogens with two attached hydrogens (primary N) is 1. The Balaban J connectivity index is 0.00000220. The molecule has 0 unspecified atom stereocenters. The monoisotopic (exact) mass is 311 g/mol. The average Bonchev–Trinajstić information content (AvgIpc) is 2.36. The maximum Gasteiger partial charge on any atom is 0.238 e. The molecule has 0 bridgehead atoms. The highest BCUT2D eigenvalue weighted by Gasteiger charge is 2.18. The second kappa shape index (κ2) is 7.78. The fraction of sp³-hybridized carbons (Fsp3) is 0.562. The van der Waals surface area contributed by atoms with Gasteiger partial charge in [-0.3, -0.25) is 9.69 Å². The van der Waals surface area contributed by atoms with E-state index in [2.05, 4.69) is 29.3 Å². The molecule has 3 N–H and O–H groups in total. The van der Waals surface area contributed by atoms with Crippen LogP contribution in [0, 0.1) is 20.8 Å². The molecule has 1 aromatic carbocycles. The SMILES string of the molecule is Cc1cc(C)c(NC(=O)CN2CCC(N)CC2)c(C)c1.Cl. The van der Waals surface area contributed by atoms with Crippen LogP contribution in [0.2, 0.25) is 0 Å². The predicted octanol–water partition coefficient (Wildman–Crippen LogP) is 2.40. The van der Waals surface area contributed by atoms with Gasteiger partial charge >= 0.3 is 0 Å². The Morgan fingerprint density at radius 2 is 1.76 bits per heavy atom. The molecule has 4 nitrogen and oxygen atoms in total. The van der Waals surface area contributed by atoms with Crippen LogP contribution in [0.1, 0.15) is 29.5 Å². The summed E-state index contributed by atoms with van der Waals surface area (Å²) in [5.41, 5.74) is 10.3. The van der Waals surface area contributed by atoms with Crippen LogP contribution < -0.4 is 11.1 Å². The van der Waals surface area contributed by atoms with Gasteiger partial charge in [-0.15, -0.1) is 12.4 Å². The lowest BCUT2D eigenvalue weighted by atomic mass is 10.0. The van der Waals surface area contributed by atoms with E-state index in [1.807, 2.05) is 13.8 Å². The van der Waals surface area contributed by atoms with Crippen molar-refractivity contribution in [1.29, 1.82) is 0 Å². The highest BCUT2D eigenvalue weighted by atomic mass is 35.5. The fourth-order valence-electron chi connectivity index (χ4n) is 2.87. The molecule has 1 amide bonds. The van der Waals surface area contributed by atoms with Crippen molar-refractivity contribution in [3.8, 4) is 0 Å². The van der Waals surface area contributed by atoms with E-state index in [1.54, 1.807) is 0 Å². The van der Waals surface area contributed by atoms with Gasteiger partial charge in [0.15, 0.2) is 0 Å². The molecule has 1 fully saturated rings. The van der Waals surface area contributed by atoms with Gasteiger partial charge in [-0.1, -0.05) is 17.7 Å². The summed E-state index contributed by atoms with van der Waals surface area (Å²) >= 11 is 0. The normalized spacial score (nSPS) is 16.4. The van der Waals surface area contributed by atoms with E-state index < -0.39 is 0 Å². The topological polar surface area (TPSA) is 58.4 Å². The third-order valence-corrected chi connectivity index (χ3v) is 3.94. The van der Waals surface area contributed by atoms with Gasteiger partial charge in [-0.05, 0) is 44.7 Å². The number of piperidine rings is 1. The highest BCUT2D eigenvalue weighted by molar-refractivity contribution is 5.93. The van der Waals surface area contributed by atoms with Crippen molar-refractivity contribution in [2.24, 2.45) is 5.73 Å². The third kappa shape index (κ3) is 4.99. The number of aryl methyl sites for hydroxylation is 3. The first-order valence-electron chi connectivity index (χ1n) is 7.31. The minimum absolute atomic E-state index is 0. The van der Waals surface area contributed by atoms with Crippen molar-refractivity contribution in [3.05, 3.63) is 28.8 Å². The molecule has 0 radical (unpaired) electrons. The number of carbonyl (C=O) groups is 1. The molecule has 0 atom stereocenters. The number of benzene rings is 1. The lowest BCUT2D eigenvalue weighted by Gasteiger charge is -2.29. The first-order chi connectivity index (χ1) is 9.45. The molecular weight excluding hydrogens is 286 g/mol. The Hall–Kier alpha value is -1.10. The quantitative estimate of drug-likeness (QED) is 0.901. The molecule has 5 heteroatoms. The van der Waals surface area contributed by atoms with Crippen LogP contribution in [-0.2, 0) is 4.79 Å². The number of anilines is 1. The van der Waals surface area contributed by atoms with Crippen molar-refractivity contribution < 1.29 is 4.79 Å². The number of nitrogens with zero attached hydrogens (tertiary/aromatic N) is 1. The van der Waals surface area contributed by atoms with E-state index in [4.69, 9.17) is 5.73 Å². The Kier molecular flexibility index (Phi) is 6.65. The van der Waals surface area contributed by atoms with Gasteiger partial charge in [0.1, 0.15) is 0 Å². The Morgan fingerprint density at radius 1 is 1.24 bits per heavy atom. The fourth-order valence-corrected chi connectivity index (χ4v) is 2.87. The second-order valence-corrected chi connectivity index (χ2v) is 5.94. The number of halogens is 1. The molecule has 0 aromatic heterocycles. The smallest absolute Gasteiger partial charge is 0.238 e. The van der Waals surface area contributed by atoms with E-state index in [0.29, 0.717) is 12.6 Å². The van der Waals surface area contributed by atoms with Crippen molar-refractivity contribution in [1.82, 2.24) is 4.90 Å². The van der Waals surface area contributed by atoms with Crippen molar-refractivity contribution in [3.63, 3.8) is 0 Å². The van der Waals surface area contributed by atoms with Gasteiger partial charge in [0.2, 0.25) is 5.91 Å². The molecule has 0 aliphatic carbocycles. The molecule has 1 heterocycles. The molecular formula is C16H26ClN3O. The maximum absolute atomic E-state index is 12.2. The van der Waals surface area contributed by atoms with E-state index in [9.17, 15) is 4.79 Å². The summed E-state index contributed by atoms with van der Waals surface area (Å²) in [5, 5.41) is 3.05. The predicted molar refractivity (Wildman–Crippen MR) is 90.2 cm³/mol. The number of carbonyl (C=O) groups excluding carboxylic acids is 1. The zero-order valence-electron chi connectivity index (χ0n) is 13.1. The van der Waals surface area contributed by atoms with E-state index in [1.165, 1.54) is 5.56 Å². The van der Waals surface area contributed by atoms with Gasteiger partial charge < -0.3 is 11.1 Å². The van der Waals surface area contributed by atoms with Crippen LogP contribution in [-0.4, -0.2) is 36.5 Å². The van der Waals surface area contributed by atoms with E-state index >= 15 is 0 Å². The summed E-state index contributed by atoms with van der Waals surface area (Å²) < 4.78 is 0. The molecule has 1 aliphatic rings. The maximum atomic E-state index is 12.2. The molecule has 21 heavy (non-hydrogen) atoms. The van der Waals surface area contributed by atoms with Gasteiger partial charge in [0.25, 0.3) is 0 Å². The number of amides is 1. The van der Waals surface area contributed by atoms with E-state index in [-0.39, 0.29) is 18.3 Å². The summed E-state index contributed by atoms with van der Waals surface area (Å²) in [6.07, 6.45) is 1.96. The lowest BCUT2D eigenvalue weighted by molar-refractivity contribution is -0.117. The van der Waals surface area contributed by atoms with Crippen LogP contribution >= 0.6 is 12.4 Å². The number of likely N-dealkylation sites (tertiary alicyclic amines) is 1. The first-order valence-corrected chi connectivity index (χ1v) is 7.31. The van der Waals surface area contributed by atoms with Crippen LogP contribution in [0.3, 0.4) is 0 Å². The van der Waals surface area contributed by atoms with Gasteiger partial charge in [0.05, 0.1) is 6.54 Å². The lowest BCUT2D eigenvalue weighted by Crippen LogP contribution is -2.43. The molecule has 0 saturated carbocycles. The molecule has 1 saturated heterocycles. The van der Waals surface area contributed by atoms with Gasteiger partial charge in [-0.2, -0.15) is 0 Å². The average molecular weight is 312 g/mol. The minimum Gasteiger partial charge on any atom is -0.328 e. The Morgan fingerprint density at radius 3 is 2.29 bits per heavy atom. The third-order valence-electron chi connectivity index (χ3n) is 3.94. The zero-order valence-corrected chi connectivity index (χ0v) is 13.9. The molecule has 2 rings (SSSR count). The first kappa shape index (κ1) is 18.0. The molecule has 118 valence electrons. The number of nitrogens with one attached hydrogen (secondary N) is 1. The van der Waals surface area contributed by atoms with E-state index in [0.717, 1.165) is 42.7 Å². The summed E-state index contributed by atoms with van der Waals surface area (Å²) in [5.74, 6) is 0.0653. The van der Waals surface area contributed by atoms with Gasteiger partial charge in [-0.25, -0.2) is 0 Å². The molecule has 1 aromatic rings. The second-order valence-electron chi connectivity index (χ2n) is 5.94. The summed E-state index contributed by atoms with van der Waals surface area (Å²) in [4.78, 5) is 14.3. The van der Waals surface area contributed by atoms with Crippen LogP contribution in [0.5, 0.6) is 0 Å². The number of hydrogen-bond donors (Lipinski definition) is 2.